The van der Waals surface area contributed by atoms with Crippen LogP contribution in [0.2, 0.25) is 0 Å². The second-order valence-electron chi connectivity index (χ2n) is 3.42. The number of nitrogens with zero attached hydrogens (tertiary/aromatic N) is 4. The van der Waals surface area contributed by atoms with Crippen LogP contribution in [0, 0.1) is 29.6 Å². The number of sulfonamides is 1. The first-order chi connectivity index (χ1) is 8.86. The van der Waals surface area contributed by atoms with E-state index in [-0.39, 0.29) is 5.69 Å². The normalized spacial score (nSPS) is 10.9. The van der Waals surface area contributed by atoms with Gasteiger partial charge in [-0.1, -0.05) is 0 Å². The van der Waals surface area contributed by atoms with E-state index in [0.29, 0.717) is 4.31 Å². The number of nitrogens with one attached hydrogen (secondary N) is 1. The number of carboxylic acid groups (broad SMARTS) is 1. The Labute approximate surface area is 108 Å². The number of aromatic amines is 1. The van der Waals surface area contributed by atoms with E-state index in [4.69, 9.17) is 15.6 Å². The molecule has 0 amide bonds. The molecule has 0 aliphatic carbocycles. The minimum atomic E-state index is -4.32. The maximum atomic E-state index is 12.1. The van der Waals surface area contributed by atoms with Gasteiger partial charge in [-0.25, -0.2) is 13.2 Å². The van der Waals surface area contributed by atoms with Crippen LogP contribution in [-0.2, 0) is 10.0 Å². The summed E-state index contributed by atoms with van der Waals surface area (Å²) >= 11 is 0. The number of aromatic carboxylic acids is 1. The number of hydrogen-bond donors (Lipinski definition) is 2. The number of rotatable bonds is 5. The van der Waals surface area contributed by atoms with E-state index in [2.05, 4.69) is 10.2 Å². The van der Waals surface area contributed by atoms with Crippen molar-refractivity contribution in [2.75, 3.05) is 13.1 Å². The number of aromatic nitrogens is 2. The molecule has 10 heteroatoms. The van der Waals surface area contributed by atoms with Gasteiger partial charge in [-0.2, -0.15) is 19.9 Å². The fourth-order valence-corrected chi connectivity index (χ4v) is 2.71. The molecular weight excluding hydrogens is 274 g/mol. The van der Waals surface area contributed by atoms with Gasteiger partial charge in [-0.3, -0.25) is 5.10 Å². The van der Waals surface area contributed by atoms with E-state index in [1.807, 2.05) is 0 Å². The molecule has 2 N–H and O–H groups in total. The van der Waals surface area contributed by atoms with Crippen molar-refractivity contribution in [3.63, 3.8) is 0 Å². The Morgan fingerprint density at radius 1 is 1.42 bits per heavy atom. The molecule has 19 heavy (non-hydrogen) atoms. The molecule has 1 rings (SSSR count). The topological polar surface area (TPSA) is 151 Å². The molecule has 0 saturated carbocycles. The lowest BCUT2D eigenvalue weighted by molar-refractivity contribution is 0.0691. The number of nitriles is 2. The predicted molar refractivity (Wildman–Crippen MR) is 60.3 cm³/mol. The average molecular weight is 283 g/mol. The smallest absolute Gasteiger partial charge is 0.340 e. The second kappa shape index (κ2) is 5.48. The van der Waals surface area contributed by atoms with Crippen molar-refractivity contribution >= 4 is 16.0 Å². The monoisotopic (exact) mass is 283 g/mol. The Kier molecular flexibility index (Phi) is 4.22. The molecule has 0 aliphatic rings. The summed E-state index contributed by atoms with van der Waals surface area (Å²) in [6, 6.07) is 3.19. The Balaban J connectivity index is 3.39. The molecule has 1 aromatic rings. The maximum absolute atomic E-state index is 12.1. The van der Waals surface area contributed by atoms with Gasteiger partial charge >= 0.3 is 5.97 Å². The Bertz CT molecular complexity index is 662. The van der Waals surface area contributed by atoms with Gasteiger partial charge < -0.3 is 5.11 Å². The van der Waals surface area contributed by atoms with Gasteiger partial charge in [-0.15, -0.1) is 0 Å². The van der Waals surface area contributed by atoms with Crippen molar-refractivity contribution < 1.29 is 18.3 Å². The van der Waals surface area contributed by atoms with Gasteiger partial charge in [0.05, 0.1) is 12.1 Å². The van der Waals surface area contributed by atoms with E-state index in [1.165, 1.54) is 6.92 Å². The quantitative estimate of drug-likeness (QED) is 0.688. The molecule has 1 heterocycles. The van der Waals surface area contributed by atoms with Crippen LogP contribution in [0.1, 0.15) is 16.1 Å². The number of carbonyl (C=O) groups is 1. The zero-order valence-corrected chi connectivity index (χ0v) is 10.6. The summed E-state index contributed by atoms with van der Waals surface area (Å²) in [5, 5.41) is 31.1. The third kappa shape index (κ3) is 2.70. The SMILES string of the molecule is Cc1[nH]nc(S(=O)(=O)N(CC#N)CC#N)c1C(=O)O. The van der Waals surface area contributed by atoms with Crippen molar-refractivity contribution in [1.82, 2.24) is 14.5 Å². The first-order valence-electron chi connectivity index (χ1n) is 4.88. The van der Waals surface area contributed by atoms with E-state index in [9.17, 15) is 13.2 Å². The first-order valence-corrected chi connectivity index (χ1v) is 6.32. The fraction of sp³-hybridized carbons (Fsp3) is 0.333. The van der Waals surface area contributed by atoms with E-state index in [0.717, 1.165) is 0 Å². The van der Waals surface area contributed by atoms with Crippen molar-refractivity contribution in [2.24, 2.45) is 0 Å². The van der Waals surface area contributed by atoms with Crippen molar-refractivity contribution in [3.05, 3.63) is 11.3 Å². The van der Waals surface area contributed by atoms with E-state index >= 15 is 0 Å². The summed E-state index contributed by atoms with van der Waals surface area (Å²) in [6.07, 6.45) is 0. The lowest BCUT2D eigenvalue weighted by atomic mass is 10.3. The number of carboxylic acids is 1. The highest BCUT2D eigenvalue weighted by molar-refractivity contribution is 7.89. The lowest BCUT2D eigenvalue weighted by Crippen LogP contribution is -2.33. The Morgan fingerprint density at radius 3 is 2.37 bits per heavy atom. The number of H-pyrrole nitrogens is 1. The van der Waals surface area contributed by atoms with Gasteiger partial charge in [0.2, 0.25) is 5.03 Å². The van der Waals surface area contributed by atoms with Crippen molar-refractivity contribution in [1.29, 1.82) is 10.5 Å². The fourth-order valence-electron chi connectivity index (χ4n) is 1.35. The molecule has 9 nitrogen and oxygen atoms in total. The Hall–Kier alpha value is -2.43. The molecule has 0 aromatic carbocycles. The average Bonchev–Trinajstić information content (AvgIpc) is 2.71. The molecule has 0 radical (unpaired) electrons. The van der Waals surface area contributed by atoms with Crippen molar-refractivity contribution in [3.8, 4) is 12.1 Å². The first kappa shape index (κ1) is 14.6. The highest BCUT2D eigenvalue weighted by atomic mass is 32.2. The van der Waals surface area contributed by atoms with Gasteiger partial charge in [0.15, 0.2) is 0 Å². The molecule has 0 saturated heterocycles. The molecule has 0 aliphatic heterocycles. The summed E-state index contributed by atoms with van der Waals surface area (Å²) < 4.78 is 24.8. The van der Waals surface area contributed by atoms with E-state index < -0.39 is 39.7 Å². The highest BCUT2D eigenvalue weighted by Gasteiger charge is 2.33. The van der Waals surface area contributed by atoms with Gasteiger partial charge in [-0.05, 0) is 6.92 Å². The molecule has 0 unspecified atom stereocenters. The minimum Gasteiger partial charge on any atom is -0.478 e. The van der Waals surface area contributed by atoms with Gasteiger partial charge in [0.1, 0.15) is 18.7 Å². The Morgan fingerprint density at radius 2 is 1.95 bits per heavy atom. The third-order valence-corrected chi connectivity index (χ3v) is 3.93. The molecule has 100 valence electrons. The molecular formula is C9H9N5O4S. The van der Waals surface area contributed by atoms with Crippen LogP contribution in [0.5, 0.6) is 0 Å². The second-order valence-corrected chi connectivity index (χ2v) is 5.28. The summed E-state index contributed by atoms with van der Waals surface area (Å²) in [7, 11) is -4.32. The molecule has 0 spiro atoms. The molecule has 0 atom stereocenters. The number of aryl methyl sites for hydroxylation is 1. The molecule has 0 fully saturated rings. The number of hydrogen-bond acceptors (Lipinski definition) is 6. The molecule has 1 aromatic heterocycles. The zero-order valence-electron chi connectivity index (χ0n) is 9.78. The van der Waals surface area contributed by atoms with Crippen molar-refractivity contribution in [2.45, 2.75) is 11.9 Å². The van der Waals surface area contributed by atoms with E-state index in [1.54, 1.807) is 12.1 Å². The van der Waals surface area contributed by atoms with Crippen LogP contribution in [-0.4, -0.2) is 47.1 Å². The third-order valence-electron chi connectivity index (χ3n) is 2.21. The summed E-state index contributed by atoms with van der Waals surface area (Å²) in [4.78, 5) is 11.0. The summed E-state index contributed by atoms with van der Waals surface area (Å²) in [6.45, 7) is 0.218. The molecule has 0 bridgehead atoms. The summed E-state index contributed by atoms with van der Waals surface area (Å²) in [5.41, 5.74) is -0.430. The summed E-state index contributed by atoms with van der Waals surface area (Å²) in [5.74, 6) is -1.46. The predicted octanol–water partition coefficient (Wildman–Crippen LogP) is -0.546. The minimum absolute atomic E-state index is 0.0694. The maximum Gasteiger partial charge on any atom is 0.340 e. The van der Waals surface area contributed by atoms with Crippen LogP contribution in [0.15, 0.2) is 5.03 Å². The largest absolute Gasteiger partial charge is 0.478 e. The lowest BCUT2D eigenvalue weighted by Gasteiger charge is -2.14. The van der Waals surface area contributed by atoms with Crippen LogP contribution >= 0.6 is 0 Å². The van der Waals surface area contributed by atoms with Gasteiger partial charge in [0.25, 0.3) is 10.0 Å². The van der Waals surface area contributed by atoms with Crippen LogP contribution < -0.4 is 0 Å². The van der Waals surface area contributed by atoms with Crippen LogP contribution in [0.25, 0.3) is 0 Å². The zero-order chi connectivity index (χ0) is 14.6. The standard InChI is InChI=1S/C9H9N5O4S/c1-6-7(9(15)16)8(13-12-6)19(17,18)14(4-2-10)5-3-11/h4-5H2,1H3,(H,12,13)(H,15,16). The van der Waals surface area contributed by atoms with Gasteiger partial charge in [0, 0.05) is 5.69 Å². The van der Waals surface area contributed by atoms with Crippen LogP contribution in [0.4, 0.5) is 0 Å². The highest BCUT2D eigenvalue weighted by Crippen LogP contribution is 2.20. The van der Waals surface area contributed by atoms with Crippen LogP contribution in [0.3, 0.4) is 0 Å².